The molecular weight excluding hydrogens is 139 g/mol. The number of thioether (sulfide) groups is 1. The minimum atomic E-state index is 0.588. The summed E-state index contributed by atoms with van der Waals surface area (Å²) in [7, 11) is 0. The van der Waals surface area contributed by atoms with Gasteiger partial charge in [-0.2, -0.15) is 0 Å². The summed E-state index contributed by atoms with van der Waals surface area (Å²) in [6, 6.07) is 0. The Bertz CT molecular complexity index is 40.8. The third kappa shape index (κ3) is 1.16. The van der Waals surface area contributed by atoms with Crippen LogP contribution in [0, 0.1) is 0 Å². The fourth-order valence-electron chi connectivity index (χ4n) is 0.518. The summed E-state index contributed by atoms with van der Waals surface area (Å²) in [4.78, 5) is 0. The first-order chi connectivity index (χ1) is 2.89. The van der Waals surface area contributed by atoms with Gasteiger partial charge in [-0.25, -0.2) is 0 Å². The van der Waals surface area contributed by atoms with Crippen molar-refractivity contribution in [3.8, 4) is 0 Å². The van der Waals surface area contributed by atoms with Gasteiger partial charge in [0.25, 0.3) is 0 Å². The summed E-state index contributed by atoms with van der Waals surface area (Å²) >= 11 is 6.63. The molecule has 0 radical (unpaired) electrons. The topological polar surface area (TPSA) is 0 Å². The quantitative estimate of drug-likeness (QED) is 0.465. The molecule has 0 aromatic carbocycles. The molecule has 2 heteroatoms. The average Bonchev–Trinajstić information content (AvgIpc) is 1.86. The van der Waals surface area contributed by atoms with E-state index < -0.39 is 0 Å². The molecule has 0 N–H and O–H groups in total. The molecule has 0 aromatic rings. The molecule has 1 atom stereocenters. The maximum atomic E-state index is 4.70. The fourth-order valence-corrected chi connectivity index (χ4v) is 1.98. The second-order valence-electron chi connectivity index (χ2n) is 1.38. The molecular formula is C4H7NiS. The molecule has 1 aliphatic heterocycles. The molecule has 1 aliphatic rings. The second-order valence-corrected chi connectivity index (χ2v) is 3.71. The van der Waals surface area contributed by atoms with Crippen LogP contribution >= 0.6 is 11.8 Å². The second kappa shape index (κ2) is 2.23. The molecule has 0 saturated carbocycles. The Morgan fingerprint density at radius 3 is 2.67 bits per heavy atom. The van der Waals surface area contributed by atoms with E-state index in [2.05, 4.69) is 0 Å². The minimum absolute atomic E-state index is 0.588. The van der Waals surface area contributed by atoms with E-state index in [0.717, 1.165) is 0 Å². The first kappa shape index (κ1) is 4.99. The van der Waals surface area contributed by atoms with Crippen molar-refractivity contribution < 1.29 is 15.5 Å². The van der Waals surface area contributed by atoms with Gasteiger partial charge in [0.2, 0.25) is 0 Å². The van der Waals surface area contributed by atoms with E-state index in [0.29, 0.717) is 4.22 Å². The summed E-state index contributed by atoms with van der Waals surface area (Å²) in [5.41, 5.74) is 0. The van der Waals surface area contributed by atoms with Crippen molar-refractivity contribution in [3.63, 3.8) is 0 Å². The zero-order valence-corrected chi connectivity index (χ0v) is 5.23. The molecule has 1 saturated heterocycles. The van der Waals surface area contributed by atoms with Gasteiger partial charge in [-0.15, -0.1) is 0 Å². The zero-order chi connectivity index (χ0) is 4.41. The van der Waals surface area contributed by atoms with Gasteiger partial charge in [-0.05, 0) is 0 Å². The summed E-state index contributed by atoms with van der Waals surface area (Å²) in [6.45, 7) is 0. The van der Waals surface area contributed by atoms with E-state index in [1.54, 1.807) is 0 Å². The summed E-state index contributed by atoms with van der Waals surface area (Å²) in [6.07, 6.45) is 2.64. The summed E-state index contributed by atoms with van der Waals surface area (Å²) in [5, 5.41) is 0. The van der Waals surface area contributed by atoms with Gasteiger partial charge in [0, 0.05) is 0 Å². The van der Waals surface area contributed by atoms with Crippen molar-refractivity contribution in [2.75, 3.05) is 5.75 Å². The predicted molar refractivity (Wildman–Crippen MR) is 25.5 cm³/mol. The van der Waals surface area contributed by atoms with Gasteiger partial charge in [-0.3, -0.25) is 0 Å². The van der Waals surface area contributed by atoms with Gasteiger partial charge < -0.3 is 0 Å². The zero-order valence-electron chi connectivity index (χ0n) is 3.42. The molecule has 1 heterocycles. The van der Waals surface area contributed by atoms with Crippen molar-refractivity contribution in [3.05, 3.63) is 0 Å². The number of hydrogen-bond acceptors (Lipinski definition) is 1. The van der Waals surface area contributed by atoms with Gasteiger partial charge in [0.15, 0.2) is 0 Å². The van der Waals surface area contributed by atoms with Crippen LogP contribution in [0.5, 0.6) is 0 Å². The van der Waals surface area contributed by atoms with Crippen molar-refractivity contribution in [2.45, 2.75) is 17.1 Å². The van der Waals surface area contributed by atoms with Crippen LogP contribution in [0.3, 0.4) is 0 Å². The summed E-state index contributed by atoms with van der Waals surface area (Å²) < 4.78 is 0.588. The van der Waals surface area contributed by atoms with Crippen LogP contribution in [0.1, 0.15) is 12.8 Å². The predicted octanol–water partition coefficient (Wildman–Crippen LogP) is 1.39. The third-order valence-electron chi connectivity index (χ3n) is 0.846. The van der Waals surface area contributed by atoms with Crippen molar-refractivity contribution in [1.82, 2.24) is 0 Å². The van der Waals surface area contributed by atoms with Crippen molar-refractivity contribution in [1.29, 1.82) is 0 Å². The van der Waals surface area contributed by atoms with Gasteiger partial charge >= 0.3 is 50.0 Å². The molecule has 1 fully saturated rings. The van der Waals surface area contributed by atoms with Crippen LogP contribution < -0.4 is 0 Å². The average molecular weight is 146 g/mol. The Morgan fingerprint density at radius 1 is 1.67 bits per heavy atom. The van der Waals surface area contributed by atoms with E-state index >= 15 is 0 Å². The molecule has 0 bridgehead atoms. The Labute approximate surface area is 50.4 Å². The van der Waals surface area contributed by atoms with E-state index in [1.807, 2.05) is 11.8 Å². The standard InChI is InChI=1S/C4H7S.Ni/c1-2-4-5-3-1;/h3H,1-2,4H2;. The van der Waals surface area contributed by atoms with E-state index in [-0.39, 0.29) is 0 Å². The number of hydrogen-bond donors (Lipinski definition) is 0. The van der Waals surface area contributed by atoms with Crippen LogP contribution in [0.2, 0.25) is 0 Å². The number of rotatable bonds is 0. The Hall–Kier alpha value is 0.844. The van der Waals surface area contributed by atoms with Crippen LogP contribution in [0.4, 0.5) is 0 Å². The molecule has 0 amide bonds. The maximum absolute atomic E-state index is 4.70. The van der Waals surface area contributed by atoms with Crippen LogP contribution in [0.15, 0.2) is 0 Å². The van der Waals surface area contributed by atoms with Gasteiger partial charge in [0.05, 0.1) is 0 Å². The molecule has 0 spiro atoms. The first-order valence-electron chi connectivity index (χ1n) is 2.12. The molecule has 1 rings (SSSR count). The van der Waals surface area contributed by atoms with E-state index in [9.17, 15) is 0 Å². The Morgan fingerprint density at radius 2 is 2.50 bits per heavy atom. The Balaban J connectivity index is 2.18. The van der Waals surface area contributed by atoms with Crippen molar-refractivity contribution >= 4 is 11.8 Å². The molecule has 0 aliphatic carbocycles. The fraction of sp³-hybridized carbons (Fsp3) is 1.00. The Kier molecular flexibility index (Phi) is 1.85. The first-order valence-corrected chi connectivity index (χ1v) is 3.73. The van der Waals surface area contributed by atoms with Gasteiger partial charge in [0.1, 0.15) is 0 Å². The van der Waals surface area contributed by atoms with E-state index in [1.165, 1.54) is 18.6 Å². The molecule has 39 valence electrons. The summed E-state index contributed by atoms with van der Waals surface area (Å²) in [5.74, 6) is 1.31. The SMILES string of the molecule is [Ni][CH]1CCCS1. The third-order valence-corrected chi connectivity index (χ3v) is 2.73. The van der Waals surface area contributed by atoms with Crippen molar-refractivity contribution in [2.24, 2.45) is 0 Å². The molecule has 1 unspecified atom stereocenters. The molecule has 0 nitrogen and oxygen atoms in total. The molecule has 6 heavy (non-hydrogen) atoms. The normalized spacial score (nSPS) is 34.7. The van der Waals surface area contributed by atoms with Crippen LogP contribution in [-0.4, -0.2) is 9.97 Å². The van der Waals surface area contributed by atoms with Gasteiger partial charge in [-0.1, -0.05) is 0 Å². The van der Waals surface area contributed by atoms with E-state index in [4.69, 9.17) is 15.5 Å². The monoisotopic (exact) mass is 145 g/mol. The van der Waals surface area contributed by atoms with Crippen LogP contribution in [-0.2, 0) is 15.5 Å². The van der Waals surface area contributed by atoms with Crippen LogP contribution in [0.25, 0.3) is 0 Å². The molecule has 0 aromatic heterocycles.